The van der Waals surface area contributed by atoms with Crippen LogP contribution in [0.15, 0.2) is 18.5 Å². The molecule has 13 heavy (non-hydrogen) atoms. The zero-order valence-electron chi connectivity index (χ0n) is 7.36. The molecule has 1 fully saturated rings. The van der Waals surface area contributed by atoms with Gasteiger partial charge in [-0.3, -0.25) is 9.78 Å². The van der Waals surface area contributed by atoms with Gasteiger partial charge in [-0.2, -0.15) is 0 Å². The van der Waals surface area contributed by atoms with Crippen molar-refractivity contribution in [2.24, 2.45) is 5.73 Å². The molecular formula is C10H12N2O. The van der Waals surface area contributed by atoms with Crippen LogP contribution in [0, 0.1) is 0 Å². The van der Waals surface area contributed by atoms with Crippen LogP contribution in [0.25, 0.3) is 0 Å². The number of ketones is 1. The maximum atomic E-state index is 11.4. The summed E-state index contributed by atoms with van der Waals surface area (Å²) in [6, 6.07) is 1.93. The number of hydrogen-bond acceptors (Lipinski definition) is 3. The lowest BCUT2D eigenvalue weighted by atomic mass is 10.0. The molecule has 0 aliphatic heterocycles. The monoisotopic (exact) mass is 176 g/mol. The van der Waals surface area contributed by atoms with Crippen LogP contribution in [0.1, 0.15) is 34.7 Å². The highest BCUT2D eigenvalue weighted by Gasteiger charge is 2.27. The summed E-state index contributed by atoms with van der Waals surface area (Å²) in [5, 5.41) is 0. The van der Waals surface area contributed by atoms with Crippen molar-refractivity contribution < 1.29 is 4.79 Å². The van der Waals surface area contributed by atoms with Crippen LogP contribution >= 0.6 is 0 Å². The van der Waals surface area contributed by atoms with Gasteiger partial charge in [0.2, 0.25) is 0 Å². The number of Topliss-reactive ketones (excluding diaryl/α,β-unsaturated/α-hetero) is 1. The Morgan fingerprint density at radius 1 is 1.62 bits per heavy atom. The van der Waals surface area contributed by atoms with Gasteiger partial charge in [0.05, 0.1) is 6.54 Å². The van der Waals surface area contributed by atoms with E-state index in [0.29, 0.717) is 11.5 Å². The van der Waals surface area contributed by atoms with Crippen molar-refractivity contribution in [3.8, 4) is 0 Å². The third-order valence-corrected chi connectivity index (χ3v) is 2.36. The topological polar surface area (TPSA) is 56.0 Å². The van der Waals surface area contributed by atoms with E-state index in [9.17, 15) is 4.79 Å². The van der Waals surface area contributed by atoms with Gasteiger partial charge >= 0.3 is 0 Å². The summed E-state index contributed by atoms with van der Waals surface area (Å²) < 4.78 is 0. The number of nitrogens with two attached hydrogens (primary N) is 1. The van der Waals surface area contributed by atoms with Gasteiger partial charge in [0.1, 0.15) is 0 Å². The maximum absolute atomic E-state index is 11.4. The average molecular weight is 176 g/mol. The molecule has 3 nitrogen and oxygen atoms in total. The number of carbonyl (C=O) groups is 1. The molecule has 1 heterocycles. The first-order valence-corrected chi connectivity index (χ1v) is 4.50. The van der Waals surface area contributed by atoms with Gasteiger partial charge in [0.25, 0.3) is 0 Å². The lowest BCUT2D eigenvalue weighted by Crippen LogP contribution is -2.15. The van der Waals surface area contributed by atoms with Crippen molar-refractivity contribution in [2.45, 2.75) is 18.8 Å². The molecule has 2 rings (SSSR count). The first-order chi connectivity index (χ1) is 6.33. The van der Waals surface area contributed by atoms with Crippen molar-refractivity contribution >= 4 is 5.78 Å². The predicted octanol–water partition coefficient (Wildman–Crippen LogP) is 1.10. The molecule has 68 valence electrons. The zero-order valence-corrected chi connectivity index (χ0v) is 7.36. The molecule has 1 aromatic rings. The van der Waals surface area contributed by atoms with Crippen molar-refractivity contribution in [2.75, 3.05) is 6.54 Å². The highest BCUT2D eigenvalue weighted by Crippen LogP contribution is 2.41. The highest BCUT2D eigenvalue weighted by atomic mass is 16.1. The standard InChI is InChI=1S/C10H12N2O/c11-5-10(13)9-6-12-4-3-8(9)7-1-2-7/h3-4,6-7H,1-2,5,11H2. The predicted molar refractivity (Wildman–Crippen MR) is 49.6 cm³/mol. The van der Waals surface area contributed by atoms with E-state index >= 15 is 0 Å². The molecule has 3 heteroatoms. The lowest BCUT2D eigenvalue weighted by molar-refractivity contribution is 0.1000. The maximum Gasteiger partial charge on any atom is 0.178 e. The fourth-order valence-electron chi connectivity index (χ4n) is 1.50. The Morgan fingerprint density at radius 3 is 3.00 bits per heavy atom. The molecule has 1 aromatic heterocycles. The molecule has 0 spiro atoms. The van der Waals surface area contributed by atoms with Gasteiger partial charge in [-0.1, -0.05) is 0 Å². The summed E-state index contributed by atoms with van der Waals surface area (Å²) in [5.41, 5.74) is 7.16. The van der Waals surface area contributed by atoms with Crippen molar-refractivity contribution in [3.63, 3.8) is 0 Å². The molecule has 0 radical (unpaired) electrons. The molecule has 0 amide bonds. The summed E-state index contributed by atoms with van der Waals surface area (Å²) >= 11 is 0. The average Bonchev–Trinajstić information content (AvgIpc) is 3.00. The molecule has 1 saturated carbocycles. The smallest absolute Gasteiger partial charge is 0.178 e. The van der Waals surface area contributed by atoms with Gasteiger partial charge < -0.3 is 5.73 Å². The Balaban J connectivity index is 2.36. The molecule has 0 unspecified atom stereocenters. The molecular weight excluding hydrogens is 164 g/mol. The first-order valence-electron chi connectivity index (χ1n) is 4.50. The zero-order chi connectivity index (χ0) is 9.26. The molecule has 2 N–H and O–H groups in total. The van der Waals surface area contributed by atoms with E-state index in [4.69, 9.17) is 5.73 Å². The van der Waals surface area contributed by atoms with Crippen LogP contribution in [0.5, 0.6) is 0 Å². The Hall–Kier alpha value is -1.22. The summed E-state index contributed by atoms with van der Waals surface area (Å²) in [5.74, 6) is 0.573. The third-order valence-electron chi connectivity index (χ3n) is 2.36. The number of hydrogen-bond donors (Lipinski definition) is 1. The molecule has 0 saturated heterocycles. The minimum atomic E-state index is -0.00463. The first kappa shape index (κ1) is 8.38. The van der Waals surface area contributed by atoms with Crippen molar-refractivity contribution in [1.82, 2.24) is 4.98 Å². The van der Waals surface area contributed by atoms with Gasteiger partial charge in [0, 0.05) is 18.0 Å². The van der Waals surface area contributed by atoms with Gasteiger partial charge in [0.15, 0.2) is 5.78 Å². The second kappa shape index (κ2) is 3.26. The van der Waals surface area contributed by atoms with E-state index in [2.05, 4.69) is 4.98 Å². The second-order valence-electron chi connectivity index (χ2n) is 3.36. The van der Waals surface area contributed by atoms with Gasteiger partial charge in [-0.15, -0.1) is 0 Å². The number of pyridine rings is 1. The fourth-order valence-corrected chi connectivity index (χ4v) is 1.50. The van der Waals surface area contributed by atoms with E-state index < -0.39 is 0 Å². The second-order valence-corrected chi connectivity index (χ2v) is 3.36. The van der Waals surface area contributed by atoms with E-state index in [-0.39, 0.29) is 12.3 Å². The molecule has 1 aliphatic rings. The Morgan fingerprint density at radius 2 is 2.38 bits per heavy atom. The van der Waals surface area contributed by atoms with E-state index in [1.54, 1.807) is 12.4 Å². The fraction of sp³-hybridized carbons (Fsp3) is 0.400. The van der Waals surface area contributed by atoms with Crippen LogP contribution in [0.3, 0.4) is 0 Å². The molecule has 1 aliphatic carbocycles. The van der Waals surface area contributed by atoms with Crippen molar-refractivity contribution in [3.05, 3.63) is 29.6 Å². The number of rotatable bonds is 3. The normalized spacial score (nSPS) is 15.8. The Bertz CT molecular complexity index is 331. The summed E-state index contributed by atoms with van der Waals surface area (Å²) in [7, 11) is 0. The lowest BCUT2D eigenvalue weighted by Gasteiger charge is -2.04. The van der Waals surface area contributed by atoms with Gasteiger partial charge in [-0.05, 0) is 30.4 Å². The van der Waals surface area contributed by atoms with Crippen LogP contribution < -0.4 is 5.73 Å². The highest BCUT2D eigenvalue weighted by molar-refractivity contribution is 5.98. The molecule has 0 atom stereocenters. The van der Waals surface area contributed by atoms with Crippen LogP contribution in [0.2, 0.25) is 0 Å². The van der Waals surface area contributed by atoms with Crippen molar-refractivity contribution in [1.29, 1.82) is 0 Å². The summed E-state index contributed by atoms with van der Waals surface area (Å²) in [6.45, 7) is 0.0748. The molecule has 0 bridgehead atoms. The molecule has 0 aromatic carbocycles. The van der Waals surface area contributed by atoms with Gasteiger partial charge in [-0.25, -0.2) is 0 Å². The summed E-state index contributed by atoms with van der Waals surface area (Å²) in [6.07, 6.45) is 5.74. The van der Waals surface area contributed by atoms with E-state index in [0.717, 1.165) is 5.56 Å². The SMILES string of the molecule is NCC(=O)c1cnccc1C1CC1. The largest absolute Gasteiger partial charge is 0.324 e. The van der Waals surface area contributed by atoms with Crippen LogP contribution in [-0.4, -0.2) is 17.3 Å². The summed E-state index contributed by atoms with van der Waals surface area (Å²) in [4.78, 5) is 15.3. The van der Waals surface area contributed by atoms with Crippen LogP contribution in [-0.2, 0) is 0 Å². The minimum Gasteiger partial charge on any atom is -0.324 e. The Labute approximate surface area is 77.0 Å². The number of carbonyl (C=O) groups excluding carboxylic acids is 1. The minimum absolute atomic E-state index is 0.00463. The number of nitrogens with zero attached hydrogens (tertiary/aromatic N) is 1. The van der Waals surface area contributed by atoms with Crippen LogP contribution in [0.4, 0.5) is 0 Å². The number of aromatic nitrogens is 1. The Kier molecular flexibility index (Phi) is 2.10. The van der Waals surface area contributed by atoms with E-state index in [1.807, 2.05) is 6.07 Å². The third kappa shape index (κ3) is 1.60. The quantitative estimate of drug-likeness (QED) is 0.701. The van der Waals surface area contributed by atoms with E-state index in [1.165, 1.54) is 12.8 Å².